The fourth-order valence-corrected chi connectivity index (χ4v) is 2.92. The van der Waals surface area contributed by atoms with Crippen LogP contribution in [0.25, 0.3) is 0 Å². The zero-order valence-electron chi connectivity index (χ0n) is 15.3. The average molecular weight is 368 g/mol. The molecule has 1 atom stereocenters. The largest absolute Gasteiger partial charge is 0.489 e. The monoisotopic (exact) mass is 368 g/mol. The standard InChI is InChI=1S/C21H21FN2O3/c1-14(2)13-27-17-10-8-16(9-11-17)21(3)19(25)24(20(26)23-21)12-15-6-4-5-7-18(15)22/h4-11H,1,12-13H2,2-3H3,(H,23,26). The van der Waals surface area contributed by atoms with E-state index in [0.717, 1.165) is 10.5 Å². The lowest BCUT2D eigenvalue weighted by Gasteiger charge is -2.22. The first-order valence-corrected chi connectivity index (χ1v) is 8.56. The number of rotatable bonds is 6. The van der Waals surface area contributed by atoms with Gasteiger partial charge in [0.05, 0.1) is 6.54 Å². The fraction of sp³-hybridized carbons (Fsp3) is 0.238. The van der Waals surface area contributed by atoms with Crippen LogP contribution < -0.4 is 10.1 Å². The highest BCUT2D eigenvalue weighted by atomic mass is 19.1. The Labute approximate surface area is 157 Å². The molecule has 0 aromatic heterocycles. The van der Waals surface area contributed by atoms with Gasteiger partial charge in [-0.1, -0.05) is 36.9 Å². The molecule has 27 heavy (non-hydrogen) atoms. The Morgan fingerprint density at radius 1 is 1.19 bits per heavy atom. The van der Waals surface area contributed by atoms with E-state index in [9.17, 15) is 14.0 Å². The summed E-state index contributed by atoms with van der Waals surface area (Å²) in [7, 11) is 0. The van der Waals surface area contributed by atoms with Gasteiger partial charge in [-0.3, -0.25) is 9.69 Å². The number of halogens is 1. The number of carbonyl (C=O) groups excluding carboxylic acids is 2. The van der Waals surface area contributed by atoms with Gasteiger partial charge in [0.25, 0.3) is 5.91 Å². The minimum absolute atomic E-state index is 0.118. The molecule has 2 aromatic rings. The number of amides is 3. The van der Waals surface area contributed by atoms with Crippen molar-refractivity contribution >= 4 is 11.9 Å². The number of benzene rings is 2. The quantitative estimate of drug-likeness (QED) is 0.624. The molecule has 2 aromatic carbocycles. The van der Waals surface area contributed by atoms with Crippen molar-refractivity contribution in [2.45, 2.75) is 25.9 Å². The van der Waals surface area contributed by atoms with E-state index in [1.165, 1.54) is 6.07 Å². The van der Waals surface area contributed by atoms with Crippen LogP contribution in [0.4, 0.5) is 9.18 Å². The van der Waals surface area contributed by atoms with Crippen LogP contribution in [0.15, 0.2) is 60.7 Å². The lowest BCUT2D eigenvalue weighted by Crippen LogP contribution is -2.40. The van der Waals surface area contributed by atoms with Crippen molar-refractivity contribution in [2.24, 2.45) is 0 Å². The van der Waals surface area contributed by atoms with Gasteiger partial charge in [-0.15, -0.1) is 0 Å². The molecule has 0 radical (unpaired) electrons. The molecule has 1 heterocycles. The maximum atomic E-state index is 13.9. The molecule has 3 rings (SSSR count). The Morgan fingerprint density at radius 2 is 1.85 bits per heavy atom. The summed E-state index contributed by atoms with van der Waals surface area (Å²) in [5, 5.41) is 2.72. The lowest BCUT2D eigenvalue weighted by atomic mass is 9.92. The van der Waals surface area contributed by atoms with Gasteiger partial charge in [0.15, 0.2) is 0 Å². The topological polar surface area (TPSA) is 58.6 Å². The zero-order valence-corrected chi connectivity index (χ0v) is 15.3. The smallest absolute Gasteiger partial charge is 0.325 e. The number of hydrogen-bond acceptors (Lipinski definition) is 3. The van der Waals surface area contributed by atoms with Crippen LogP contribution in [0.5, 0.6) is 5.75 Å². The van der Waals surface area contributed by atoms with Crippen LogP contribution in [0.2, 0.25) is 0 Å². The third-order valence-corrected chi connectivity index (χ3v) is 4.48. The first kappa shape index (κ1) is 18.6. The van der Waals surface area contributed by atoms with Gasteiger partial charge in [-0.25, -0.2) is 9.18 Å². The summed E-state index contributed by atoms with van der Waals surface area (Å²) in [6, 6.07) is 12.5. The Bertz CT molecular complexity index is 895. The molecule has 1 N–H and O–H groups in total. The maximum absolute atomic E-state index is 13.9. The van der Waals surface area contributed by atoms with Gasteiger partial charge in [0.1, 0.15) is 23.7 Å². The summed E-state index contributed by atoms with van der Waals surface area (Å²) >= 11 is 0. The molecule has 140 valence electrons. The van der Waals surface area contributed by atoms with Crippen molar-refractivity contribution in [1.29, 1.82) is 0 Å². The van der Waals surface area contributed by atoms with Crippen molar-refractivity contribution in [3.63, 3.8) is 0 Å². The van der Waals surface area contributed by atoms with Crippen molar-refractivity contribution in [3.05, 3.63) is 77.6 Å². The molecule has 6 heteroatoms. The molecule has 5 nitrogen and oxygen atoms in total. The first-order chi connectivity index (χ1) is 12.8. The highest BCUT2D eigenvalue weighted by Crippen LogP contribution is 2.31. The summed E-state index contributed by atoms with van der Waals surface area (Å²) in [5.74, 6) is -0.234. The molecule has 1 aliphatic heterocycles. The van der Waals surface area contributed by atoms with Crippen molar-refractivity contribution in [2.75, 3.05) is 6.61 Å². The van der Waals surface area contributed by atoms with Crippen LogP contribution in [0.3, 0.4) is 0 Å². The second-order valence-electron chi connectivity index (χ2n) is 6.81. The number of urea groups is 1. The second kappa shape index (κ2) is 7.23. The summed E-state index contributed by atoms with van der Waals surface area (Å²) in [6.07, 6.45) is 0. The van der Waals surface area contributed by atoms with E-state index < -0.39 is 23.3 Å². The van der Waals surface area contributed by atoms with Crippen molar-refractivity contribution in [1.82, 2.24) is 10.2 Å². The molecule has 0 bridgehead atoms. The van der Waals surface area contributed by atoms with Crippen LogP contribution in [-0.2, 0) is 16.9 Å². The number of nitrogens with one attached hydrogen (secondary N) is 1. The van der Waals surface area contributed by atoms with Gasteiger partial charge in [0.2, 0.25) is 0 Å². The van der Waals surface area contributed by atoms with E-state index in [-0.39, 0.29) is 12.1 Å². The Morgan fingerprint density at radius 3 is 2.48 bits per heavy atom. The number of hydrogen-bond donors (Lipinski definition) is 1. The van der Waals surface area contributed by atoms with E-state index in [1.54, 1.807) is 49.4 Å². The summed E-state index contributed by atoms with van der Waals surface area (Å²) in [4.78, 5) is 26.3. The number of nitrogens with zero attached hydrogens (tertiary/aromatic N) is 1. The van der Waals surface area contributed by atoms with E-state index in [1.807, 2.05) is 6.92 Å². The zero-order chi connectivity index (χ0) is 19.6. The molecular formula is C21H21FN2O3. The summed E-state index contributed by atoms with van der Waals surface area (Å²) < 4.78 is 19.5. The predicted molar refractivity (Wildman–Crippen MR) is 99.6 cm³/mol. The van der Waals surface area contributed by atoms with Crippen molar-refractivity contribution in [3.8, 4) is 5.75 Å². The summed E-state index contributed by atoms with van der Waals surface area (Å²) in [6.45, 7) is 7.57. The highest BCUT2D eigenvalue weighted by molar-refractivity contribution is 6.07. The third-order valence-electron chi connectivity index (χ3n) is 4.48. The van der Waals surface area contributed by atoms with Gasteiger partial charge in [-0.05, 0) is 43.2 Å². The highest BCUT2D eigenvalue weighted by Gasteiger charge is 2.49. The maximum Gasteiger partial charge on any atom is 0.325 e. The van der Waals surface area contributed by atoms with Gasteiger partial charge < -0.3 is 10.1 Å². The molecule has 1 fully saturated rings. The Kier molecular flexibility index (Phi) is 4.99. The van der Waals surface area contributed by atoms with Crippen LogP contribution in [-0.4, -0.2) is 23.4 Å². The first-order valence-electron chi connectivity index (χ1n) is 8.56. The van der Waals surface area contributed by atoms with E-state index >= 15 is 0 Å². The predicted octanol–water partition coefficient (Wildman–Crippen LogP) is 3.75. The fourth-order valence-electron chi connectivity index (χ4n) is 2.92. The second-order valence-corrected chi connectivity index (χ2v) is 6.81. The molecule has 1 aliphatic rings. The molecule has 1 unspecified atom stereocenters. The number of imide groups is 1. The molecular weight excluding hydrogens is 347 g/mol. The minimum atomic E-state index is -1.21. The van der Waals surface area contributed by atoms with Crippen molar-refractivity contribution < 1.29 is 18.7 Å². The van der Waals surface area contributed by atoms with Gasteiger partial charge in [-0.2, -0.15) is 0 Å². The van der Waals surface area contributed by atoms with E-state index in [0.29, 0.717) is 17.9 Å². The normalized spacial score (nSPS) is 19.1. The minimum Gasteiger partial charge on any atom is -0.489 e. The van der Waals surface area contributed by atoms with Crippen LogP contribution in [0.1, 0.15) is 25.0 Å². The SMILES string of the molecule is C=C(C)COc1ccc(C2(C)NC(=O)N(Cc3ccccc3F)C2=O)cc1. The molecule has 1 saturated heterocycles. The Balaban J connectivity index is 1.80. The Hall–Kier alpha value is -3.15. The van der Waals surface area contributed by atoms with E-state index in [2.05, 4.69) is 11.9 Å². The molecule has 3 amide bonds. The third kappa shape index (κ3) is 3.69. The lowest BCUT2D eigenvalue weighted by molar-refractivity contribution is -0.131. The van der Waals surface area contributed by atoms with Crippen LogP contribution in [0, 0.1) is 5.82 Å². The molecule has 0 saturated carbocycles. The number of carbonyl (C=O) groups is 2. The molecule has 0 aliphatic carbocycles. The van der Waals surface area contributed by atoms with E-state index in [4.69, 9.17) is 4.74 Å². The van der Waals surface area contributed by atoms with Crippen LogP contribution >= 0.6 is 0 Å². The number of ether oxygens (including phenoxy) is 1. The average Bonchev–Trinajstić information content (AvgIpc) is 2.86. The van der Waals surface area contributed by atoms with Gasteiger partial charge in [0, 0.05) is 5.56 Å². The summed E-state index contributed by atoms with van der Waals surface area (Å²) in [5.41, 5.74) is 0.594. The molecule has 0 spiro atoms. The van der Waals surface area contributed by atoms with Gasteiger partial charge >= 0.3 is 6.03 Å².